The fourth-order valence-corrected chi connectivity index (χ4v) is 3.24. The van der Waals surface area contributed by atoms with E-state index in [4.69, 9.17) is 16.1 Å². The molecule has 1 unspecified atom stereocenters. The van der Waals surface area contributed by atoms with Gasteiger partial charge in [0.25, 0.3) is 11.6 Å². The summed E-state index contributed by atoms with van der Waals surface area (Å²) < 4.78 is 5.30. The Morgan fingerprint density at radius 3 is 2.62 bits per heavy atom. The lowest BCUT2D eigenvalue weighted by atomic mass is 10.0. The van der Waals surface area contributed by atoms with Crippen molar-refractivity contribution in [2.24, 2.45) is 0 Å². The van der Waals surface area contributed by atoms with E-state index in [-0.39, 0.29) is 12.5 Å². The summed E-state index contributed by atoms with van der Waals surface area (Å²) in [5.74, 6) is -0.339. The minimum Gasteiger partial charge on any atom is -0.387 e. The lowest BCUT2D eigenvalue weighted by Crippen LogP contribution is -2.28. The first kappa shape index (κ1) is 19.1. The number of rotatable bonds is 5. The number of nitrogens with one attached hydrogen (secondary N) is 1. The van der Waals surface area contributed by atoms with Crippen LogP contribution in [0.15, 0.2) is 65.2 Å². The Bertz CT molecular complexity index is 1160. The van der Waals surface area contributed by atoms with Crippen LogP contribution in [0.1, 0.15) is 27.7 Å². The highest BCUT2D eigenvalue weighted by Gasteiger charge is 2.20. The molecule has 2 N–H and O–H groups in total. The van der Waals surface area contributed by atoms with E-state index in [1.165, 1.54) is 0 Å². The second-order valence-corrected chi connectivity index (χ2v) is 7.08. The standard InChI is InChI=1S/C22H18ClN3O3/c1-13-20-17(21(28)24-12-19(27)15-7-9-16(23)10-8-15)11-18(25-22(20)29-26-13)14-5-3-2-4-6-14/h2-11,19,27H,12H2,1H3,(H,24,28). The quantitative estimate of drug-likeness (QED) is 0.514. The van der Waals surface area contributed by atoms with Crippen LogP contribution in [-0.4, -0.2) is 27.7 Å². The van der Waals surface area contributed by atoms with E-state index in [0.29, 0.717) is 38.6 Å². The van der Waals surface area contributed by atoms with Crippen LogP contribution in [0.2, 0.25) is 5.02 Å². The van der Waals surface area contributed by atoms with E-state index in [0.717, 1.165) is 5.56 Å². The fraction of sp³-hybridized carbons (Fsp3) is 0.136. The van der Waals surface area contributed by atoms with Crippen LogP contribution in [0.3, 0.4) is 0 Å². The number of aliphatic hydroxyl groups excluding tert-OH is 1. The van der Waals surface area contributed by atoms with Gasteiger partial charge in [0, 0.05) is 17.1 Å². The predicted octanol–water partition coefficient (Wildman–Crippen LogP) is 4.32. The molecule has 4 rings (SSSR count). The molecule has 2 aromatic carbocycles. The molecule has 0 bridgehead atoms. The third-order valence-electron chi connectivity index (χ3n) is 4.64. The van der Waals surface area contributed by atoms with Crippen molar-refractivity contribution < 1.29 is 14.4 Å². The molecule has 0 aliphatic carbocycles. The molecule has 0 fully saturated rings. The zero-order valence-corrected chi connectivity index (χ0v) is 16.3. The third kappa shape index (κ3) is 3.99. The van der Waals surface area contributed by atoms with Gasteiger partial charge < -0.3 is 14.9 Å². The predicted molar refractivity (Wildman–Crippen MR) is 111 cm³/mol. The molecular weight excluding hydrogens is 390 g/mol. The second-order valence-electron chi connectivity index (χ2n) is 6.65. The number of carbonyl (C=O) groups excluding carboxylic acids is 1. The maximum atomic E-state index is 12.9. The van der Waals surface area contributed by atoms with Crippen molar-refractivity contribution in [3.63, 3.8) is 0 Å². The van der Waals surface area contributed by atoms with Crippen molar-refractivity contribution in [2.75, 3.05) is 6.54 Å². The van der Waals surface area contributed by atoms with Crippen LogP contribution in [0.4, 0.5) is 0 Å². The molecule has 0 spiro atoms. The minimum absolute atomic E-state index is 0.0509. The SMILES string of the molecule is Cc1noc2nc(-c3ccccc3)cc(C(=O)NCC(O)c3ccc(Cl)cc3)c12. The number of aromatic nitrogens is 2. The van der Waals surface area contributed by atoms with Crippen molar-refractivity contribution in [1.29, 1.82) is 0 Å². The first-order valence-electron chi connectivity index (χ1n) is 9.07. The summed E-state index contributed by atoms with van der Waals surface area (Å²) in [6.45, 7) is 1.81. The Morgan fingerprint density at radius 1 is 1.17 bits per heavy atom. The number of amides is 1. The van der Waals surface area contributed by atoms with Crippen LogP contribution in [0, 0.1) is 6.92 Å². The molecule has 0 aliphatic heterocycles. The number of fused-ring (bicyclic) bond motifs is 1. The first-order chi connectivity index (χ1) is 14.0. The Hall–Kier alpha value is -3.22. The zero-order chi connectivity index (χ0) is 20.4. The highest BCUT2D eigenvalue weighted by Crippen LogP contribution is 2.27. The summed E-state index contributed by atoms with van der Waals surface area (Å²) in [5, 5.41) is 18.2. The topological polar surface area (TPSA) is 88.2 Å². The van der Waals surface area contributed by atoms with Gasteiger partial charge in [0.1, 0.15) is 0 Å². The van der Waals surface area contributed by atoms with Crippen LogP contribution >= 0.6 is 11.6 Å². The highest BCUT2D eigenvalue weighted by atomic mass is 35.5. The van der Waals surface area contributed by atoms with Gasteiger partial charge in [-0.1, -0.05) is 59.2 Å². The summed E-state index contributed by atoms with van der Waals surface area (Å²) in [6.07, 6.45) is -0.856. The van der Waals surface area contributed by atoms with Crippen LogP contribution in [0.5, 0.6) is 0 Å². The summed E-state index contributed by atoms with van der Waals surface area (Å²) in [4.78, 5) is 17.4. The minimum atomic E-state index is -0.856. The van der Waals surface area contributed by atoms with Gasteiger partial charge in [-0.05, 0) is 30.7 Å². The summed E-state index contributed by atoms with van der Waals surface area (Å²) in [6, 6.07) is 18.1. The number of halogens is 1. The lowest BCUT2D eigenvalue weighted by Gasteiger charge is -2.13. The van der Waals surface area contributed by atoms with Crippen molar-refractivity contribution in [3.05, 3.63) is 82.5 Å². The van der Waals surface area contributed by atoms with Gasteiger partial charge in [-0.2, -0.15) is 0 Å². The van der Waals surface area contributed by atoms with Gasteiger partial charge in [0.15, 0.2) is 0 Å². The van der Waals surface area contributed by atoms with Gasteiger partial charge in [-0.15, -0.1) is 0 Å². The molecule has 0 saturated heterocycles. The van der Waals surface area contributed by atoms with Gasteiger partial charge in [-0.25, -0.2) is 4.98 Å². The Balaban J connectivity index is 1.62. The van der Waals surface area contributed by atoms with Crippen LogP contribution in [0.25, 0.3) is 22.4 Å². The van der Waals surface area contributed by atoms with Crippen molar-refractivity contribution in [1.82, 2.24) is 15.5 Å². The van der Waals surface area contributed by atoms with Gasteiger partial charge in [-0.3, -0.25) is 4.79 Å². The summed E-state index contributed by atoms with van der Waals surface area (Å²) in [5.41, 5.74) is 3.41. The third-order valence-corrected chi connectivity index (χ3v) is 4.89. The van der Waals surface area contributed by atoms with E-state index in [9.17, 15) is 9.90 Å². The Kier molecular flexibility index (Phi) is 5.29. The highest BCUT2D eigenvalue weighted by molar-refractivity contribution is 6.30. The van der Waals surface area contributed by atoms with E-state index in [2.05, 4.69) is 15.5 Å². The number of benzene rings is 2. The molecule has 146 valence electrons. The first-order valence-corrected chi connectivity index (χ1v) is 9.45. The lowest BCUT2D eigenvalue weighted by molar-refractivity contribution is 0.0918. The number of aliphatic hydroxyl groups is 1. The average Bonchev–Trinajstić information content (AvgIpc) is 3.13. The van der Waals surface area contributed by atoms with E-state index in [1.54, 1.807) is 37.3 Å². The summed E-state index contributed by atoms with van der Waals surface area (Å²) >= 11 is 5.88. The smallest absolute Gasteiger partial charge is 0.259 e. The molecular formula is C22H18ClN3O3. The maximum absolute atomic E-state index is 12.9. The number of pyridine rings is 1. The molecule has 1 atom stereocenters. The molecule has 0 saturated carbocycles. The molecule has 2 aromatic heterocycles. The van der Waals surface area contributed by atoms with Crippen molar-refractivity contribution in [3.8, 4) is 11.3 Å². The number of hydrogen-bond donors (Lipinski definition) is 2. The molecule has 0 radical (unpaired) electrons. The van der Waals surface area contributed by atoms with Crippen molar-refractivity contribution in [2.45, 2.75) is 13.0 Å². The number of carbonyl (C=O) groups is 1. The monoisotopic (exact) mass is 407 g/mol. The van der Waals surface area contributed by atoms with Gasteiger partial charge >= 0.3 is 0 Å². The van der Waals surface area contributed by atoms with Gasteiger partial charge in [0.05, 0.1) is 28.4 Å². The van der Waals surface area contributed by atoms with E-state index < -0.39 is 6.10 Å². The Labute approximate surface area is 172 Å². The second kappa shape index (κ2) is 8.03. The number of nitrogens with zero attached hydrogens (tertiary/aromatic N) is 2. The normalized spacial score (nSPS) is 12.1. The largest absolute Gasteiger partial charge is 0.387 e. The molecule has 6 nitrogen and oxygen atoms in total. The molecule has 0 aliphatic rings. The average molecular weight is 408 g/mol. The fourth-order valence-electron chi connectivity index (χ4n) is 3.12. The Morgan fingerprint density at radius 2 is 1.90 bits per heavy atom. The van der Waals surface area contributed by atoms with Crippen LogP contribution < -0.4 is 5.32 Å². The van der Waals surface area contributed by atoms with Gasteiger partial charge in [0.2, 0.25) is 0 Å². The number of hydrogen-bond acceptors (Lipinski definition) is 5. The molecule has 2 heterocycles. The summed E-state index contributed by atoms with van der Waals surface area (Å²) in [7, 11) is 0. The molecule has 1 amide bonds. The van der Waals surface area contributed by atoms with E-state index in [1.807, 2.05) is 30.3 Å². The van der Waals surface area contributed by atoms with E-state index >= 15 is 0 Å². The van der Waals surface area contributed by atoms with Crippen LogP contribution in [-0.2, 0) is 0 Å². The number of aryl methyl sites for hydroxylation is 1. The van der Waals surface area contributed by atoms with Crippen molar-refractivity contribution >= 4 is 28.6 Å². The molecule has 29 heavy (non-hydrogen) atoms. The molecule has 7 heteroatoms. The zero-order valence-electron chi connectivity index (χ0n) is 15.6. The maximum Gasteiger partial charge on any atom is 0.259 e. The molecule has 4 aromatic rings.